The molecule has 1 saturated carbocycles. The van der Waals surface area contributed by atoms with Crippen LogP contribution in [-0.2, 0) is 4.79 Å². The van der Waals surface area contributed by atoms with Crippen molar-refractivity contribution in [1.29, 1.82) is 0 Å². The fourth-order valence-electron chi connectivity index (χ4n) is 2.20. The van der Waals surface area contributed by atoms with Crippen LogP contribution in [0.25, 0.3) is 0 Å². The maximum Gasteiger partial charge on any atom is 0.324 e. The summed E-state index contributed by atoms with van der Waals surface area (Å²) in [5.41, 5.74) is 0. The maximum atomic E-state index is 11.6. The van der Waals surface area contributed by atoms with Crippen molar-refractivity contribution in [3.05, 3.63) is 0 Å². The molecule has 1 saturated heterocycles. The molecule has 3 amide bonds. The van der Waals surface area contributed by atoms with E-state index >= 15 is 0 Å². The van der Waals surface area contributed by atoms with Gasteiger partial charge in [-0.15, -0.1) is 0 Å². The number of nitrogens with one attached hydrogen (secondary N) is 1. The molecule has 1 aliphatic carbocycles. The lowest BCUT2D eigenvalue weighted by molar-refractivity contribution is -0.135. The second-order valence-corrected chi connectivity index (χ2v) is 3.84. The molecule has 0 radical (unpaired) electrons. The zero-order valence-electron chi connectivity index (χ0n) is 7.75. The molecule has 0 aromatic carbocycles. The summed E-state index contributed by atoms with van der Waals surface area (Å²) < 4.78 is 0. The van der Waals surface area contributed by atoms with Gasteiger partial charge < -0.3 is 5.32 Å². The minimum absolute atomic E-state index is 0.00606. The van der Waals surface area contributed by atoms with Crippen LogP contribution in [0.3, 0.4) is 0 Å². The van der Waals surface area contributed by atoms with E-state index in [0.717, 1.165) is 25.7 Å². The Morgan fingerprint density at radius 1 is 1.31 bits per heavy atom. The molecule has 0 aromatic rings. The number of hydrogen-bond acceptors (Lipinski definition) is 2. The van der Waals surface area contributed by atoms with Crippen LogP contribution in [0.15, 0.2) is 0 Å². The smallest absolute Gasteiger partial charge is 0.324 e. The number of carbonyl (C=O) groups excluding carboxylic acids is 2. The van der Waals surface area contributed by atoms with Crippen molar-refractivity contribution in [2.24, 2.45) is 5.92 Å². The van der Waals surface area contributed by atoms with E-state index in [9.17, 15) is 9.59 Å². The van der Waals surface area contributed by atoms with Gasteiger partial charge in [-0.3, -0.25) is 9.69 Å². The molecule has 2 rings (SSSR count). The predicted octanol–water partition coefficient (Wildman–Crippen LogP) is 0.727. The Kier molecular flexibility index (Phi) is 1.98. The third-order valence-electron chi connectivity index (χ3n) is 3.03. The molecule has 13 heavy (non-hydrogen) atoms. The minimum atomic E-state index is -0.242. The molecule has 4 nitrogen and oxygen atoms in total. The van der Waals surface area contributed by atoms with Crippen molar-refractivity contribution in [2.75, 3.05) is 7.05 Å². The molecule has 0 bridgehead atoms. The maximum absolute atomic E-state index is 11.6. The standard InChI is InChI=1S/C9H14N2O2/c1-11-8(12)6-4-2-3-5-7(6)10-9(11)13/h6-7H,2-5H2,1H3,(H,10,13). The molecular formula is C9H14N2O2. The number of urea groups is 1. The molecule has 2 aliphatic rings. The molecule has 0 aromatic heterocycles. The van der Waals surface area contributed by atoms with Gasteiger partial charge >= 0.3 is 6.03 Å². The third kappa shape index (κ3) is 1.30. The van der Waals surface area contributed by atoms with Gasteiger partial charge in [0.2, 0.25) is 5.91 Å². The Hall–Kier alpha value is -1.06. The van der Waals surface area contributed by atoms with E-state index < -0.39 is 0 Å². The van der Waals surface area contributed by atoms with E-state index in [0.29, 0.717) is 0 Å². The third-order valence-corrected chi connectivity index (χ3v) is 3.03. The van der Waals surface area contributed by atoms with Crippen LogP contribution in [0.2, 0.25) is 0 Å². The summed E-state index contributed by atoms with van der Waals surface area (Å²) in [6, 6.07) is -0.141. The summed E-state index contributed by atoms with van der Waals surface area (Å²) in [6.07, 6.45) is 4.11. The highest BCUT2D eigenvalue weighted by Gasteiger charge is 2.39. The van der Waals surface area contributed by atoms with Crippen molar-refractivity contribution < 1.29 is 9.59 Å². The van der Waals surface area contributed by atoms with Gasteiger partial charge in [-0.2, -0.15) is 0 Å². The first-order valence-corrected chi connectivity index (χ1v) is 4.78. The number of nitrogens with zero attached hydrogens (tertiary/aromatic N) is 1. The van der Waals surface area contributed by atoms with Gasteiger partial charge in [-0.05, 0) is 12.8 Å². The second-order valence-electron chi connectivity index (χ2n) is 3.84. The van der Waals surface area contributed by atoms with Gasteiger partial charge in [0.1, 0.15) is 0 Å². The van der Waals surface area contributed by atoms with Crippen molar-refractivity contribution in [1.82, 2.24) is 10.2 Å². The van der Waals surface area contributed by atoms with Crippen molar-refractivity contribution >= 4 is 11.9 Å². The molecule has 4 heteroatoms. The Morgan fingerprint density at radius 3 is 2.77 bits per heavy atom. The number of fused-ring (bicyclic) bond motifs is 1. The quantitative estimate of drug-likeness (QED) is 0.600. The van der Waals surface area contributed by atoms with Crippen LogP contribution in [0.5, 0.6) is 0 Å². The van der Waals surface area contributed by atoms with Crippen LogP contribution in [0.1, 0.15) is 25.7 Å². The Bertz CT molecular complexity index is 252. The molecule has 2 atom stereocenters. The molecule has 0 spiro atoms. The van der Waals surface area contributed by atoms with E-state index in [2.05, 4.69) is 5.32 Å². The number of hydrogen-bond donors (Lipinski definition) is 1. The monoisotopic (exact) mass is 182 g/mol. The van der Waals surface area contributed by atoms with Crippen molar-refractivity contribution in [2.45, 2.75) is 31.7 Å². The van der Waals surface area contributed by atoms with Gasteiger partial charge in [0.15, 0.2) is 0 Å². The topological polar surface area (TPSA) is 49.4 Å². The summed E-state index contributed by atoms with van der Waals surface area (Å²) in [4.78, 5) is 24.1. The fourth-order valence-corrected chi connectivity index (χ4v) is 2.20. The normalized spacial score (nSPS) is 34.1. The molecule has 1 heterocycles. The number of rotatable bonds is 0. The zero-order chi connectivity index (χ0) is 9.42. The number of carbonyl (C=O) groups is 2. The van der Waals surface area contributed by atoms with Gasteiger partial charge in [0.25, 0.3) is 0 Å². The molecule has 1 N–H and O–H groups in total. The average Bonchev–Trinajstić information content (AvgIpc) is 2.15. The van der Waals surface area contributed by atoms with Crippen LogP contribution >= 0.6 is 0 Å². The van der Waals surface area contributed by atoms with Gasteiger partial charge in [-0.25, -0.2) is 4.79 Å². The average molecular weight is 182 g/mol. The molecule has 2 fully saturated rings. The molecule has 72 valence electrons. The van der Waals surface area contributed by atoms with Crippen molar-refractivity contribution in [3.63, 3.8) is 0 Å². The first-order chi connectivity index (χ1) is 6.20. The Labute approximate surface area is 77.3 Å². The largest absolute Gasteiger partial charge is 0.334 e. The minimum Gasteiger partial charge on any atom is -0.334 e. The summed E-state index contributed by atoms with van der Waals surface area (Å²) in [5.74, 6) is 0.0323. The summed E-state index contributed by atoms with van der Waals surface area (Å²) in [7, 11) is 1.54. The number of amides is 3. The number of imide groups is 1. The highest BCUT2D eigenvalue weighted by molar-refractivity contribution is 5.98. The second kappa shape index (κ2) is 3.01. The van der Waals surface area contributed by atoms with Crippen LogP contribution in [0.4, 0.5) is 4.79 Å². The fraction of sp³-hybridized carbons (Fsp3) is 0.778. The molecule has 2 unspecified atom stereocenters. The van der Waals surface area contributed by atoms with E-state index in [1.807, 2.05) is 0 Å². The first kappa shape index (κ1) is 8.53. The first-order valence-electron chi connectivity index (χ1n) is 4.78. The highest BCUT2D eigenvalue weighted by atomic mass is 16.2. The zero-order valence-corrected chi connectivity index (χ0v) is 7.75. The Morgan fingerprint density at radius 2 is 2.00 bits per heavy atom. The summed E-state index contributed by atoms with van der Waals surface area (Å²) >= 11 is 0. The lowest BCUT2D eigenvalue weighted by Crippen LogP contribution is -2.59. The SMILES string of the molecule is CN1C(=O)NC2CCCCC2C1=O. The summed E-state index contributed by atoms with van der Waals surface area (Å²) in [5, 5.41) is 2.86. The molecular weight excluding hydrogens is 168 g/mol. The van der Waals surface area contributed by atoms with Crippen LogP contribution < -0.4 is 5.32 Å². The van der Waals surface area contributed by atoms with Crippen LogP contribution in [0, 0.1) is 5.92 Å². The molecule has 1 aliphatic heterocycles. The van der Waals surface area contributed by atoms with Crippen molar-refractivity contribution in [3.8, 4) is 0 Å². The summed E-state index contributed by atoms with van der Waals surface area (Å²) in [6.45, 7) is 0. The van der Waals surface area contributed by atoms with Gasteiger partial charge in [0.05, 0.1) is 5.92 Å². The van der Waals surface area contributed by atoms with E-state index in [-0.39, 0.29) is 23.9 Å². The van der Waals surface area contributed by atoms with E-state index in [4.69, 9.17) is 0 Å². The van der Waals surface area contributed by atoms with Crippen LogP contribution in [-0.4, -0.2) is 29.9 Å². The van der Waals surface area contributed by atoms with Gasteiger partial charge in [-0.1, -0.05) is 12.8 Å². The Balaban J connectivity index is 2.17. The van der Waals surface area contributed by atoms with E-state index in [1.54, 1.807) is 7.05 Å². The lowest BCUT2D eigenvalue weighted by Gasteiger charge is -2.38. The van der Waals surface area contributed by atoms with E-state index in [1.165, 1.54) is 4.90 Å². The predicted molar refractivity (Wildman–Crippen MR) is 47.0 cm³/mol. The van der Waals surface area contributed by atoms with Gasteiger partial charge in [0, 0.05) is 13.1 Å². The lowest BCUT2D eigenvalue weighted by atomic mass is 9.82. The highest BCUT2D eigenvalue weighted by Crippen LogP contribution is 2.28.